The molecule has 1 saturated heterocycles. The van der Waals surface area contributed by atoms with Gasteiger partial charge in [-0.1, -0.05) is 17.8 Å². The number of nitrogens with zero attached hydrogens (tertiary/aromatic N) is 3. The highest BCUT2D eigenvalue weighted by Crippen LogP contribution is 2.30. The highest BCUT2D eigenvalue weighted by Gasteiger charge is 2.11. The Kier molecular flexibility index (Phi) is 7.59. The van der Waals surface area contributed by atoms with Crippen molar-refractivity contribution in [3.63, 3.8) is 0 Å². The molecule has 1 aliphatic rings. The third kappa shape index (κ3) is 6.34. The van der Waals surface area contributed by atoms with Gasteiger partial charge in [-0.15, -0.1) is 0 Å². The van der Waals surface area contributed by atoms with Crippen molar-refractivity contribution in [2.24, 2.45) is 0 Å². The number of aromatic nitrogens is 2. The summed E-state index contributed by atoms with van der Waals surface area (Å²) in [6.45, 7) is 7.17. The Balaban J connectivity index is 1.41. The Bertz CT molecular complexity index is 1110. The summed E-state index contributed by atoms with van der Waals surface area (Å²) in [4.78, 5) is 24.2. The summed E-state index contributed by atoms with van der Waals surface area (Å²) in [5.41, 5.74) is 3.88. The number of ether oxygens (including phenoxy) is 1. The molecule has 170 valence electrons. The van der Waals surface area contributed by atoms with Gasteiger partial charge in [0.15, 0.2) is 0 Å². The first kappa shape index (κ1) is 22.8. The molecule has 2 aromatic carbocycles. The molecule has 7 nitrogen and oxygen atoms in total. The summed E-state index contributed by atoms with van der Waals surface area (Å²) in [5, 5.41) is 7.00. The van der Waals surface area contributed by atoms with Gasteiger partial charge in [-0.2, -0.15) is 0 Å². The number of carbonyl (C=O) groups is 1. The second-order valence-electron chi connectivity index (χ2n) is 7.57. The van der Waals surface area contributed by atoms with Crippen LogP contribution in [-0.2, 0) is 9.53 Å². The van der Waals surface area contributed by atoms with Crippen LogP contribution in [0.2, 0.25) is 0 Å². The number of nitrogens with one attached hydrogen (secondary N) is 2. The number of anilines is 4. The van der Waals surface area contributed by atoms with Gasteiger partial charge in [-0.3, -0.25) is 4.79 Å². The lowest BCUT2D eigenvalue weighted by atomic mass is 10.2. The minimum atomic E-state index is -0.141. The van der Waals surface area contributed by atoms with E-state index in [2.05, 4.69) is 32.7 Å². The van der Waals surface area contributed by atoms with E-state index < -0.39 is 0 Å². The van der Waals surface area contributed by atoms with Gasteiger partial charge in [-0.05, 0) is 68.5 Å². The molecule has 0 saturated carbocycles. The molecule has 0 aliphatic carbocycles. The van der Waals surface area contributed by atoms with Crippen LogP contribution in [0.4, 0.5) is 23.0 Å². The maximum Gasteiger partial charge on any atom is 0.248 e. The van der Waals surface area contributed by atoms with E-state index in [4.69, 9.17) is 9.72 Å². The van der Waals surface area contributed by atoms with Gasteiger partial charge in [0, 0.05) is 46.8 Å². The summed E-state index contributed by atoms with van der Waals surface area (Å²) in [7, 11) is 0. The fourth-order valence-corrected chi connectivity index (χ4v) is 4.19. The molecular weight excluding hydrogens is 434 g/mol. The van der Waals surface area contributed by atoms with Gasteiger partial charge < -0.3 is 20.3 Å². The lowest BCUT2D eigenvalue weighted by Crippen LogP contribution is -2.36. The van der Waals surface area contributed by atoms with E-state index in [-0.39, 0.29) is 5.91 Å². The summed E-state index contributed by atoms with van der Waals surface area (Å²) in [5.74, 6) is 0.413. The van der Waals surface area contributed by atoms with Crippen molar-refractivity contribution in [1.82, 2.24) is 9.97 Å². The Morgan fingerprint density at radius 2 is 1.76 bits per heavy atom. The molecule has 2 heterocycles. The van der Waals surface area contributed by atoms with Crippen LogP contribution in [0.15, 0.2) is 76.8 Å². The number of rotatable bonds is 7. The van der Waals surface area contributed by atoms with Crippen LogP contribution in [-0.4, -0.2) is 42.2 Å². The van der Waals surface area contributed by atoms with E-state index in [0.29, 0.717) is 5.95 Å². The van der Waals surface area contributed by atoms with Crippen molar-refractivity contribution >= 4 is 40.7 Å². The molecule has 1 aliphatic heterocycles. The van der Waals surface area contributed by atoms with E-state index in [0.717, 1.165) is 53.2 Å². The number of aryl methyl sites for hydroxylation is 1. The Morgan fingerprint density at radius 1 is 1.06 bits per heavy atom. The number of hydrogen-bond acceptors (Lipinski definition) is 7. The van der Waals surface area contributed by atoms with Gasteiger partial charge in [0.2, 0.25) is 11.9 Å². The normalized spacial score (nSPS) is 13.8. The van der Waals surface area contributed by atoms with Crippen LogP contribution in [0.25, 0.3) is 0 Å². The second-order valence-corrected chi connectivity index (χ2v) is 8.63. The van der Waals surface area contributed by atoms with Crippen LogP contribution >= 0.6 is 11.8 Å². The van der Waals surface area contributed by atoms with Crippen molar-refractivity contribution in [3.8, 4) is 0 Å². The molecule has 33 heavy (non-hydrogen) atoms. The zero-order valence-corrected chi connectivity index (χ0v) is 19.6. The van der Waals surface area contributed by atoms with E-state index in [1.165, 1.54) is 11.8 Å². The SMILES string of the molecule is CC=CC(=O)Nc1ccc(Sc2nc(Nc3ccc(N4CCOCC4)cc3)ncc2C)cc1. The zero-order chi connectivity index (χ0) is 23.0. The van der Waals surface area contributed by atoms with Gasteiger partial charge >= 0.3 is 0 Å². The first-order chi connectivity index (χ1) is 16.1. The van der Waals surface area contributed by atoms with Crippen LogP contribution in [0.1, 0.15) is 12.5 Å². The van der Waals surface area contributed by atoms with Gasteiger partial charge in [0.1, 0.15) is 5.03 Å². The van der Waals surface area contributed by atoms with Crippen molar-refractivity contribution in [1.29, 1.82) is 0 Å². The molecule has 3 aromatic rings. The highest BCUT2D eigenvalue weighted by atomic mass is 32.2. The van der Waals surface area contributed by atoms with Crippen LogP contribution in [0.5, 0.6) is 0 Å². The fourth-order valence-electron chi connectivity index (χ4n) is 3.35. The third-order valence-corrected chi connectivity index (χ3v) is 6.19. The lowest BCUT2D eigenvalue weighted by molar-refractivity contribution is -0.111. The van der Waals surface area contributed by atoms with E-state index in [1.807, 2.05) is 56.4 Å². The molecule has 1 amide bonds. The van der Waals surface area contributed by atoms with Crippen LogP contribution < -0.4 is 15.5 Å². The van der Waals surface area contributed by atoms with Crippen molar-refractivity contribution in [3.05, 3.63) is 72.4 Å². The number of benzene rings is 2. The van der Waals surface area contributed by atoms with Gasteiger partial charge in [-0.25, -0.2) is 9.97 Å². The molecule has 2 N–H and O–H groups in total. The van der Waals surface area contributed by atoms with Crippen molar-refractivity contribution < 1.29 is 9.53 Å². The summed E-state index contributed by atoms with van der Waals surface area (Å²) >= 11 is 1.56. The number of hydrogen-bond donors (Lipinski definition) is 2. The van der Waals surface area contributed by atoms with E-state index >= 15 is 0 Å². The third-order valence-electron chi connectivity index (χ3n) is 5.08. The van der Waals surface area contributed by atoms with Gasteiger partial charge in [0.05, 0.1) is 13.2 Å². The maximum absolute atomic E-state index is 11.7. The fraction of sp³-hybridized carbons (Fsp3) is 0.240. The standard InChI is InChI=1S/C25H27N5O2S/c1-3-4-23(31)27-19-7-11-22(12-8-19)33-24-18(2)17-26-25(29-24)28-20-5-9-21(10-6-20)30-13-15-32-16-14-30/h3-12,17H,13-16H2,1-2H3,(H,27,31)(H,26,28,29). The van der Waals surface area contributed by atoms with Crippen LogP contribution in [0.3, 0.4) is 0 Å². The van der Waals surface area contributed by atoms with E-state index in [1.54, 1.807) is 17.8 Å². The molecule has 0 unspecified atom stereocenters. The molecule has 4 rings (SSSR count). The highest BCUT2D eigenvalue weighted by molar-refractivity contribution is 7.99. The van der Waals surface area contributed by atoms with E-state index in [9.17, 15) is 4.79 Å². The quantitative estimate of drug-likeness (QED) is 0.377. The number of allylic oxidation sites excluding steroid dienone is 1. The predicted octanol–water partition coefficient (Wildman–Crippen LogP) is 5.03. The molecule has 8 heteroatoms. The zero-order valence-electron chi connectivity index (χ0n) is 18.7. The monoisotopic (exact) mass is 461 g/mol. The molecule has 1 fully saturated rings. The first-order valence-corrected chi connectivity index (χ1v) is 11.7. The Hall–Kier alpha value is -3.36. The molecule has 0 radical (unpaired) electrons. The average Bonchev–Trinajstić information content (AvgIpc) is 2.84. The Morgan fingerprint density at radius 3 is 2.45 bits per heavy atom. The smallest absolute Gasteiger partial charge is 0.248 e. The topological polar surface area (TPSA) is 79.4 Å². The average molecular weight is 462 g/mol. The van der Waals surface area contributed by atoms with Crippen molar-refractivity contribution in [2.75, 3.05) is 41.8 Å². The predicted molar refractivity (Wildman–Crippen MR) is 134 cm³/mol. The van der Waals surface area contributed by atoms with Crippen LogP contribution in [0, 0.1) is 6.92 Å². The van der Waals surface area contributed by atoms with Crippen molar-refractivity contribution in [2.45, 2.75) is 23.8 Å². The minimum Gasteiger partial charge on any atom is -0.378 e. The molecule has 1 aromatic heterocycles. The summed E-state index contributed by atoms with van der Waals surface area (Å²) < 4.78 is 5.43. The number of amides is 1. The summed E-state index contributed by atoms with van der Waals surface area (Å²) in [6.07, 6.45) is 5.03. The molecule has 0 spiro atoms. The molecule has 0 bridgehead atoms. The lowest BCUT2D eigenvalue weighted by Gasteiger charge is -2.28. The number of carbonyl (C=O) groups excluding carboxylic acids is 1. The number of morpholine rings is 1. The minimum absolute atomic E-state index is 0.141. The Labute approximate surface area is 198 Å². The molecule has 0 atom stereocenters. The van der Waals surface area contributed by atoms with Gasteiger partial charge in [0.25, 0.3) is 0 Å². The molecular formula is C25H27N5O2S. The largest absolute Gasteiger partial charge is 0.378 e. The second kappa shape index (κ2) is 11.0. The first-order valence-electron chi connectivity index (χ1n) is 10.9. The summed E-state index contributed by atoms with van der Waals surface area (Å²) in [6, 6.07) is 16.0. The maximum atomic E-state index is 11.7.